The van der Waals surface area contributed by atoms with Crippen LogP contribution in [0.2, 0.25) is 10.0 Å². The van der Waals surface area contributed by atoms with Crippen LogP contribution in [0.1, 0.15) is 16.8 Å². The Balaban J connectivity index is 1.96. The van der Waals surface area contributed by atoms with E-state index in [1.54, 1.807) is 6.07 Å². The van der Waals surface area contributed by atoms with Crippen molar-refractivity contribution in [1.29, 1.82) is 0 Å². The van der Waals surface area contributed by atoms with Crippen molar-refractivity contribution in [1.82, 2.24) is 0 Å². The molecule has 1 heterocycles. The van der Waals surface area contributed by atoms with Crippen LogP contribution in [0.4, 0.5) is 15.8 Å². The molecule has 0 aliphatic carbocycles. The maximum Gasteiger partial charge on any atom is 0.257 e. The maximum absolute atomic E-state index is 14.3. The molecule has 1 saturated heterocycles. The highest BCUT2D eigenvalue weighted by Crippen LogP contribution is 2.32. The molecular formula is C17H15Cl2FN2O4S. The van der Waals surface area contributed by atoms with Crippen molar-refractivity contribution in [3.63, 3.8) is 0 Å². The Morgan fingerprint density at radius 3 is 2.59 bits per heavy atom. The standard InChI is InChI=1S/C17H15Cl2FN2O4S/c1-26-13-6-10(18)5-11(7-13)21-17(23)14-8-12(9-15(20)16(14)19)22-3-2-4-27(22,24)25/h5-9H,2-4H2,1H3,(H,21,23). The zero-order valence-electron chi connectivity index (χ0n) is 14.1. The summed E-state index contributed by atoms with van der Waals surface area (Å²) in [7, 11) is -2.08. The molecule has 144 valence electrons. The van der Waals surface area contributed by atoms with Gasteiger partial charge in [0, 0.05) is 23.3 Å². The number of nitrogens with zero attached hydrogens (tertiary/aromatic N) is 1. The molecule has 0 atom stereocenters. The minimum absolute atomic E-state index is 0.0267. The van der Waals surface area contributed by atoms with Gasteiger partial charge in [-0.3, -0.25) is 9.10 Å². The van der Waals surface area contributed by atoms with E-state index >= 15 is 0 Å². The van der Waals surface area contributed by atoms with Crippen LogP contribution in [0, 0.1) is 5.82 Å². The molecule has 0 spiro atoms. The second-order valence-corrected chi connectivity index (χ2v) is 8.69. The molecule has 0 radical (unpaired) electrons. The van der Waals surface area contributed by atoms with Gasteiger partial charge in [-0.25, -0.2) is 12.8 Å². The van der Waals surface area contributed by atoms with Crippen LogP contribution in [0.15, 0.2) is 30.3 Å². The highest BCUT2D eigenvalue weighted by Gasteiger charge is 2.30. The molecule has 10 heteroatoms. The van der Waals surface area contributed by atoms with Gasteiger partial charge in [-0.1, -0.05) is 23.2 Å². The smallest absolute Gasteiger partial charge is 0.257 e. The molecule has 2 aromatic rings. The Bertz CT molecular complexity index is 1010. The van der Waals surface area contributed by atoms with Gasteiger partial charge in [0.25, 0.3) is 5.91 Å². The Morgan fingerprint density at radius 2 is 1.96 bits per heavy atom. The molecule has 1 N–H and O–H groups in total. The molecule has 3 rings (SSSR count). The number of nitrogens with one attached hydrogen (secondary N) is 1. The van der Waals surface area contributed by atoms with E-state index < -0.39 is 26.8 Å². The van der Waals surface area contributed by atoms with Crippen molar-refractivity contribution in [3.05, 3.63) is 51.8 Å². The Hall–Kier alpha value is -2.03. The molecule has 0 unspecified atom stereocenters. The monoisotopic (exact) mass is 432 g/mol. The fraction of sp³-hybridized carbons (Fsp3) is 0.235. The van der Waals surface area contributed by atoms with Crippen LogP contribution in [0.3, 0.4) is 0 Å². The third-order valence-electron chi connectivity index (χ3n) is 4.01. The predicted molar refractivity (Wildman–Crippen MR) is 103 cm³/mol. The molecule has 27 heavy (non-hydrogen) atoms. The Kier molecular flexibility index (Phi) is 5.50. The summed E-state index contributed by atoms with van der Waals surface area (Å²) in [4.78, 5) is 12.6. The molecule has 0 bridgehead atoms. The van der Waals surface area contributed by atoms with Gasteiger partial charge in [0.1, 0.15) is 11.6 Å². The van der Waals surface area contributed by atoms with Gasteiger partial charge in [-0.2, -0.15) is 0 Å². The largest absolute Gasteiger partial charge is 0.497 e. The fourth-order valence-electron chi connectivity index (χ4n) is 2.76. The summed E-state index contributed by atoms with van der Waals surface area (Å²) in [5.41, 5.74) is 0.191. The summed E-state index contributed by atoms with van der Waals surface area (Å²) in [6, 6.07) is 6.84. The van der Waals surface area contributed by atoms with E-state index in [9.17, 15) is 17.6 Å². The number of sulfonamides is 1. The number of hydrogen-bond donors (Lipinski definition) is 1. The minimum Gasteiger partial charge on any atom is -0.497 e. The van der Waals surface area contributed by atoms with Crippen LogP contribution in [-0.4, -0.2) is 33.7 Å². The first-order chi connectivity index (χ1) is 12.7. The van der Waals surface area contributed by atoms with Crippen molar-refractivity contribution in [2.75, 3.05) is 29.0 Å². The average molecular weight is 433 g/mol. The molecule has 6 nitrogen and oxygen atoms in total. The number of carbonyl (C=O) groups excluding carboxylic acids is 1. The van der Waals surface area contributed by atoms with Gasteiger partial charge in [0.05, 0.1) is 29.1 Å². The lowest BCUT2D eigenvalue weighted by atomic mass is 10.1. The molecule has 2 aromatic carbocycles. The predicted octanol–water partition coefficient (Wildman–Crippen LogP) is 3.93. The zero-order valence-corrected chi connectivity index (χ0v) is 16.5. The van der Waals surface area contributed by atoms with Gasteiger partial charge < -0.3 is 10.1 Å². The fourth-order valence-corrected chi connectivity index (χ4v) is 4.73. The summed E-state index contributed by atoms with van der Waals surface area (Å²) in [6.07, 6.45) is 0.427. The molecule has 0 saturated carbocycles. The van der Waals surface area contributed by atoms with E-state index in [0.717, 1.165) is 10.4 Å². The van der Waals surface area contributed by atoms with Gasteiger partial charge in [-0.05, 0) is 30.7 Å². The van der Waals surface area contributed by atoms with Crippen molar-refractivity contribution >= 4 is 50.5 Å². The highest BCUT2D eigenvalue weighted by atomic mass is 35.5. The van der Waals surface area contributed by atoms with E-state index in [-0.39, 0.29) is 23.5 Å². The summed E-state index contributed by atoms with van der Waals surface area (Å²) in [6.45, 7) is 0.218. The van der Waals surface area contributed by atoms with E-state index in [1.165, 1.54) is 25.3 Å². The van der Waals surface area contributed by atoms with Crippen LogP contribution in [0.25, 0.3) is 0 Å². The summed E-state index contributed by atoms with van der Waals surface area (Å²) >= 11 is 11.9. The first-order valence-corrected chi connectivity index (χ1v) is 10.2. The quantitative estimate of drug-likeness (QED) is 0.793. The number of rotatable bonds is 4. The number of hydrogen-bond acceptors (Lipinski definition) is 4. The summed E-state index contributed by atoms with van der Waals surface area (Å²) in [5.74, 6) is -1.19. The van der Waals surface area contributed by atoms with Crippen molar-refractivity contribution in [2.24, 2.45) is 0 Å². The number of carbonyl (C=O) groups is 1. The van der Waals surface area contributed by atoms with Gasteiger partial charge in [-0.15, -0.1) is 0 Å². The minimum atomic E-state index is -3.53. The number of ether oxygens (including phenoxy) is 1. The summed E-state index contributed by atoms with van der Waals surface area (Å²) in [5, 5.41) is 2.49. The van der Waals surface area contributed by atoms with Crippen LogP contribution < -0.4 is 14.4 Å². The maximum atomic E-state index is 14.3. The van der Waals surface area contributed by atoms with Crippen molar-refractivity contribution in [2.45, 2.75) is 6.42 Å². The van der Waals surface area contributed by atoms with Crippen LogP contribution in [-0.2, 0) is 10.0 Å². The second-order valence-electron chi connectivity index (χ2n) is 5.86. The SMILES string of the molecule is COc1cc(Cl)cc(NC(=O)c2cc(N3CCCS3(=O)=O)cc(F)c2Cl)c1. The lowest BCUT2D eigenvalue weighted by Crippen LogP contribution is -2.26. The number of methoxy groups -OCH3 is 1. The summed E-state index contributed by atoms with van der Waals surface area (Å²) < 4.78 is 44.6. The lowest BCUT2D eigenvalue weighted by Gasteiger charge is -2.18. The van der Waals surface area contributed by atoms with Crippen molar-refractivity contribution in [3.8, 4) is 5.75 Å². The molecule has 1 aliphatic heterocycles. The van der Waals surface area contributed by atoms with Gasteiger partial charge in [0.15, 0.2) is 0 Å². The molecule has 0 aromatic heterocycles. The normalized spacial score (nSPS) is 15.6. The molecule has 1 fully saturated rings. The van der Waals surface area contributed by atoms with E-state index in [0.29, 0.717) is 22.9 Å². The van der Waals surface area contributed by atoms with Gasteiger partial charge in [0.2, 0.25) is 10.0 Å². The topological polar surface area (TPSA) is 75.7 Å². The Labute approximate surface area is 165 Å². The van der Waals surface area contributed by atoms with E-state index in [4.69, 9.17) is 27.9 Å². The zero-order chi connectivity index (χ0) is 19.8. The number of amides is 1. The molecular weight excluding hydrogens is 418 g/mol. The second kappa shape index (κ2) is 7.53. The molecule has 1 aliphatic rings. The Morgan fingerprint density at radius 1 is 1.22 bits per heavy atom. The number of anilines is 2. The van der Waals surface area contributed by atoms with Crippen LogP contribution in [0.5, 0.6) is 5.75 Å². The highest BCUT2D eigenvalue weighted by molar-refractivity contribution is 7.93. The van der Waals surface area contributed by atoms with Gasteiger partial charge >= 0.3 is 0 Å². The van der Waals surface area contributed by atoms with Crippen molar-refractivity contribution < 1.29 is 22.3 Å². The third-order valence-corrected chi connectivity index (χ3v) is 6.48. The molecule has 1 amide bonds. The number of halogens is 3. The average Bonchev–Trinajstić information content (AvgIpc) is 2.95. The van der Waals surface area contributed by atoms with E-state index in [2.05, 4.69) is 5.32 Å². The third kappa shape index (κ3) is 4.12. The lowest BCUT2D eigenvalue weighted by molar-refractivity contribution is 0.102. The van der Waals surface area contributed by atoms with Crippen LogP contribution >= 0.6 is 23.2 Å². The first-order valence-electron chi connectivity index (χ1n) is 7.86. The number of benzene rings is 2. The first kappa shape index (κ1) is 19.7. The van der Waals surface area contributed by atoms with E-state index in [1.807, 2.05) is 0 Å².